The molecule has 0 aromatic rings. The molecule has 2 heteroatoms. The maximum absolute atomic E-state index is 6.77. The van der Waals surface area contributed by atoms with Crippen LogP contribution < -0.4 is 0 Å². The third-order valence-corrected chi connectivity index (χ3v) is 6.70. The normalized spacial score (nSPS) is 32.7. The van der Waals surface area contributed by atoms with Crippen LogP contribution in [0.25, 0.3) is 0 Å². The molecule has 0 saturated carbocycles. The molecule has 140 valence electrons. The molecule has 4 atom stereocenters. The van der Waals surface area contributed by atoms with Crippen LogP contribution in [0.1, 0.15) is 74.7 Å². The predicted octanol–water partition coefficient (Wildman–Crippen LogP) is 7.21. The fourth-order valence-electron chi connectivity index (χ4n) is 4.06. The zero-order valence-electron chi connectivity index (χ0n) is 17.2. The summed E-state index contributed by atoms with van der Waals surface area (Å²) in [7, 11) is 0. The highest BCUT2D eigenvalue weighted by atomic mass is 127. The zero-order chi connectivity index (χ0) is 18.5. The molecular formula is C22H39IO. The van der Waals surface area contributed by atoms with Gasteiger partial charge in [-0.05, 0) is 63.7 Å². The van der Waals surface area contributed by atoms with Gasteiger partial charge in [-0.25, -0.2) is 0 Å². The average Bonchev–Trinajstić information content (AvgIpc) is 2.49. The second kappa shape index (κ2) is 9.75. The summed E-state index contributed by atoms with van der Waals surface area (Å²) >= 11 is 2.40. The lowest BCUT2D eigenvalue weighted by atomic mass is 9.67. The Morgan fingerprint density at radius 2 is 1.75 bits per heavy atom. The third-order valence-electron chi connectivity index (χ3n) is 6.26. The molecule has 24 heavy (non-hydrogen) atoms. The van der Waals surface area contributed by atoms with Crippen molar-refractivity contribution in [3.8, 4) is 0 Å². The van der Waals surface area contributed by atoms with Gasteiger partial charge in [0, 0.05) is 4.43 Å². The Morgan fingerprint density at radius 1 is 1.17 bits per heavy atom. The predicted molar refractivity (Wildman–Crippen MR) is 116 cm³/mol. The summed E-state index contributed by atoms with van der Waals surface area (Å²) in [6.07, 6.45) is 8.65. The molecule has 1 saturated heterocycles. The minimum absolute atomic E-state index is 0.0150. The van der Waals surface area contributed by atoms with Crippen molar-refractivity contribution in [1.82, 2.24) is 0 Å². The van der Waals surface area contributed by atoms with E-state index in [0.29, 0.717) is 29.8 Å². The van der Waals surface area contributed by atoms with Crippen LogP contribution in [0, 0.1) is 23.7 Å². The van der Waals surface area contributed by atoms with Crippen molar-refractivity contribution in [1.29, 1.82) is 0 Å². The van der Waals surface area contributed by atoms with Gasteiger partial charge in [-0.15, -0.1) is 0 Å². The Kier molecular flexibility index (Phi) is 9.03. The summed E-state index contributed by atoms with van der Waals surface area (Å²) < 4.78 is 7.85. The standard InChI is InChI=1S/C22H39IO/c1-15(2)20-14-19(7)21(24-22(20,8)16(3)4)11-9-10-17(5)18(6)12-13-23/h10,12,15-16,19-21H,9,11,13-14H2,1-8H3/b17-10+,18-12+. The van der Waals surface area contributed by atoms with E-state index in [1.165, 1.54) is 17.6 Å². The summed E-state index contributed by atoms with van der Waals surface area (Å²) in [6, 6.07) is 0. The van der Waals surface area contributed by atoms with Gasteiger partial charge in [0.2, 0.25) is 0 Å². The molecule has 1 aliphatic rings. The van der Waals surface area contributed by atoms with Crippen molar-refractivity contribution < 1.29 is 4.74 Å². The number of rotatable bonds is 7. The Bertz CT molecular complexity index is 449. The number of hydrogen-bond acceptors (Lipinski definition) is 1. The number of halogens is 1. The quantitative estimate of drug-likeness (QED) is 0.228. The van der Waals surface area contributed by atoms with Crippen LogP contribution in [0.15, 0.2) is 23.3 Å². The molecule has 1 fully saturated rings. The van der Waals surface area contributed by atoms with Crippen LogP contribution in [0.3, 0.4) is 0 Å². The Balaban J connectivity index is 2.76. The molecular weight excluding hydrogens is 407 g/mol. The molecule has 0 radical (unpaired) electrons. The fraction of sp³-hybridized carbons (Fsp3) is 0.818. The molecule has 4 unspecified atom stereocenters. The molecule has 0 amide bonds. The minimum Gasteiger partial charge on any atom is -0.371 e. The van der Waals surface area contributed by atoms with E-state index >= 15 is 0 Å². The molecule has 0 spiro atoms. The number of allylic oxidation sites excluding steroid dienone is 4. The highest BCUT2D eigenvalue weighted by Gasteiger charge is 2.46. The second-order valence-electron chi connectivity index (χ2n) is 8.56. The zero-order valence-corrected chi connectivity index (χ0v) is 19.3. The van der Waals surface area contributed by atoms with E-state index in [4.69, 9.17) is 4.74 Å². The lowest BCUT2D eigenvalue weighted by Gasteiger charge is -2.52. The van der Waals surface area contributed by atoms with Crippen molar-refractivity contribution in [2.24, 2.45) is 23.7 Å². The summed E-state index contributed by atoms with van der Waals surface area (Å²) in [5.74, 6) is 2.56. The highest BCUT2D eigenvalue weighted by Crippen LogP contribution is 2.46. The third kappa shape index (κ3) is 5.59. The van der Waals surface area contributed by atoms with Gasteiger partial charge < -0.3 is 4.74 Å². The number of alkyl halides is 1. The lowest BCUT2D eigenvalue weighted by Crippen LogP contribution is -2.53. The summed E-state index contributed by atoms with van der Waals surface area (Å²) in [4.78, 5) is 0. The Hall–Kier alpha value is 0.170. The van der Waals surface area contributed by atoms with E-state index in [9.17, 15) is 0 Å². The SMILES string of the molecule is CC(=C\CI)/C(C)=C/CCC1OC(C)(C(C)C)C(C(C)C)CC1C. The van der Waals surface area contributed by atoms with Gasteiger partial charge in [0.1, 0.15) is 0 Å². The Labute approximate surface area is 164 Å². The average molecular weight is 446 g/mol. The van der Waals surface area contributed by atoms with Crippen LogP contribution in [-0.2, 0) is 4.74 Å². The molecule has 0 N–H and O–H groups in total. The van der Waals surface area contributed by atoms with E-state index in [1.54, 1.807) is 0 Å². The fourth-order valence-corrected chi connectivity index (χ4v) is 4.72. The van der Waals surface area contributed by atoms with Gasteiger partial charge in [0.05, 0.1) is 11.7 Å². The first kappa shape index (κ1) is 22.2. The maximum Gasteiger partial charge on any atom is 0.0711 e. The lowest BCUT2D eigenvalue weighted by molar-refractivity contribution is -0.205. The van der Waals surface area contributed by atoms with Gasteiger partial charge in [0.25, 0.3) is 0 Å². The minimum atomic E-state index is 0.0150. The van der Waals surface area contributed by atoms with Crippen molar-refractivity contribution >= 4 is 22.6 Å². The topological polar surface area (TPSA) is 9.23 Å². The van der Waals surface area contributed by atoms with Crippen molar-refractivity contribution in [3.05, 3.63) is 23.3 Å². The molecule has 0 aromatic carbocycles. The highest BCUT2D eigenvalue weighted by molar-refractivity contribution is 14.1. The van der Waals surface area contributed by atoms with Crippen molar-refractivity contribution in [2.45, 2.75) is 86.4 Å². The monoisotopic (exact) mass is 446 g/mol. The van der Waals surface area contributed by atoms with Gasteiger partial charge >= 0.3 is 0 Å². The maximum atomic E-state index is 6.77. The van der Waals surface area contributed by atoms with Crippen molar-refractivity contribution in [3.63, 3.8) is 0 Å². The van der Waals surface area contributed by atoms with Gasteiger partial charge in [0.15, 0.2) is 0 Å². The second-order valence-corrected chi connectivity index (χ2v) is 9.45. The Morgan fingerprint density at radius 3 is 2.25 bits per heavy atom. The van der Waals surface area contributed by atoms with Crippen LogP contribution in [0.2, 0.25) is 0 Å². The molecule has 0 aromatic heterocycles. The first-order valence-electron chi connectivity index (χ1n) is 9.71. The smallest absolute Gasteiger partial charge is 0.0711 e. The van der Waals surface area contributed by atoms with Gasteiger partial charge in [-0.3, -0.25) is 0 Å². The summed E-state index contributed by atoms with van der Waals surface area (Å²) in [5, 5.41) is 0. The van der Waals surface area contributed by atoms with Crippen molar-refractivity contribution in [2.75, 3.05) is 4.43 Å². The van der Waals surface area contributed by atoms with Crippen LogP contribution in [0.4, 0.5) is 0 Å². The van der Waals surface area contributed by atoms with E-state index in [1.807, 2.05) is 0 Å². The first-order chi connectivity index (χ1) is 11.1. The first-order valence-corrected chi connectivity index (χ1v) is 11.2. The van der Waals surface area contributed by atoms with E-state index in [0.717, 1.165) is 17.3 Å². The largest absolute Gasteiger partial charge is 0.371 e. The van der Waals surface area contributed by atoms with Gasteiger partial charge in [-0.2, -0.15) is 0 Å². The summed E-state index contributed by atoms with van der Waals surface area (Å²) in [5.41, 5.74) is 2.84. The van der Waals surface area contributed by atoms with Gasteiger partial charge in [-0.1, -0.05) is 80.5 Å². The number of ether oxygens (including phenoxy) is 1. The molecule has 0 bridgehead atoms. The van der Waals surface area contributed by atoms with Crippen LogP contribution in [0.5, 0.6) is 0 Å². The molecule has 0 aliphatic carbocycles. The molecule has 1 heterocycles. The van der Waals surface area contributed by atoms with Crippen LogP contribution in [-0.4, -0.2) is 16.1 Å². The van der Waals surface area contributed by atoms with E-state index in [2.05, 4.69) is 90.1 Å². The van der Waals surface area contributed by atoms with Crippen LogP contribution >= 0.6 is 22.6 Å². The van der Waals surface area contributed by atoms with E-state index < -0.39 is 0 Å². The molecule has 1 aliphatic heterocycles. The summed E-state index contributed by atoms with van der Waals surface area (Å²) in [6.45, 7) is 18.6. The number of hydrogen-bond donors (Lipinski definition) is 0. The molecule has 1 rings (SSSR count). The van der Waals surface area contributed by atoms with E-state index in [-0.39, 0.29) is 5.60 Å². The molecule has 1 nitrogen and oxygen atoms in total.